The van der Waals surface area contributed by atoms with E-state index < -0.39 is 0 Å². The summed E-state index contributed by atoms with van der Waals surface area (Å²) in [6, 6.07) is 18.6. The molecule has 0 aliphatic carbocycles. The molecule has 1 heterocycles. The van der Waals surface area contributed by atoms with Gasteiger partial charge in [-0.1, -0.05) is 42.5 Å². The van der Waals surface area contributed by atoms with Gasteiger partial charge in [-0.05, 0) is 37.1 Å². The number of benzene rings is 2. The zero-order chi connectivity index (χ0) is 15.5. The van der Waals surface area contributed by atoms with Crippen LogP contribution in [-0.4, -0.2) is 28.7 Å². The minimum atomic E-state index is 0.0923. The molecule has 2 aromatic carbocycles. The molecule has 0 aromatic heterocycles. The van der Waals surface area contributed by atoms with Crippen molar-refractivity contribution >= 4 is 0 Å². The van der Waals surface area contributed by atoms with Gasteiger partial charge >= 0.3 is 0 Å². The van der Waals surface area contributed by atoms with Crippen LogP contribution < -0.4 is 0 Å². The highest BCUT2D eigenvalue weighted by molar-refractivity contribution is 5.27. The highest BCUT2D eigenvalue weighted by atomic mass is 16.5. The number of morpholine rings is 1. The average molecular weight is 297 g/mol. The normalized spacial score (nSPS) is 26.0. The van der Waals surface area contributed by atoms with Crippen LogP contribution in [0, 0.1) is 0 Å². The Morgan fingerprint density at radius 1 is 1.09 bits per heavy atom. The molecule has 1 aliphatic heterocycles. The highest BCUT2D eigenvalue weighted by Gasteiger charge is 2.33. The lowest BCUT2D eigenvalue weighted by atomic mass is 9.98. The van der Waals surface area contributed by atoms with Gasteiger partial charge in [-0.2, -0.15) is 0 Å². The molecular weight excluding hydrogens is 274 g/mol. The summed E-state index contributed by atoms with van der Waals surface area (Å²) < 4.78 is 6.09. The Hall–Kier alpha value is -1.84. The van der Waals surface area contributed by atoms with Gasteiger partial charge in [0.25, 0.3) is 0 Å². The van der Waals surface area contributed by atoms with E-state index in [0.717, 1.165) is 18.7 Å². The van der Waals surface area contributed by atoms with Gasteiger partial charge in [0, 0.05) is 18.6 Å². The van der Waals surface area contributed by atoms with Gasteiger partial charge in [-0.25, -0.2) is 0 Å². The average Bonchev–Trinajstić information content (AvgIpc) is 2.52. The maximum absolute atomic E-state index is 9.66. The molecule has 0 spiro atoms. The second-order valence-electron chi connectivity index (χ2n) is 6.10. The molecule has 1 aliphatic rings. The zero-order valence-electron chi connectivity index (χ0n) is 13.1. The number of nitrogens with zero attached hydrogens (tertiary/aromatic N) is 1. The van der Waals surface area contributed by atoms with Crippen LogP contribution in [-0.2, 0) is 11.3 Å². The van der Waals surface area contributed by atoms with E-state index >= 15 is 0 Å². The van der Waals surface area contributed by atoms with Crippen molar-refractivity contribution in [2.24, 2.45) is 0 Å². The lowest BCUT2D eigenvalue weighted by Gasteiger charge is -2.44. The predicted molar refractivity (Wildman–Crippen MR) is 87.7 cm³/mol. The van der Waals surface area contributed by atoms with Gasteiger partial charge in [-0.15, -0.1) is 0 Å². The van der Waals surface area contributed by atoms with Gasteiger partial charge in [0.05, 0.1) is 12.7 Å². The number of rotatable bonds is 3. The largest absolute Gasteiger partial charge is 0.508 e. The summed E-state index contributed by atoms with van der Waals surface area (Å²) in [7, 11) is 0. The Morgan fingerprint density at radius 2 is 1.86 bits per heavy atom. The molecule has 1 N–H and O–H groups in total. The Kier molecular flexibility index (Phi) is 4.46. The summed E-state index contributed by atoms with van der Waals surface area (Å²) in [6.07, 6.45) is 0.0923. The van der Waals surface area contributed by atoms with E-state index in [1.807, 2.05) is 18.2 Å². The van der Waals surface area contributed by atoms with Gasteiger partial charge in [0.1, 0.15) is 5.75 Å². The van der Waals surface area contributed by atoms with Crippen molar-refractivity contribution in [3.8, 4) is 5.75 Å². The molecule has 3 heteroatoms. The second kappa shape index (κ2) is 6.51. The number of aromatic hydroxyl groups is 1. The van der Waals surface area contributed by atoms with Gasteiger partial charge in [0.2, 0.25) is 0 Å². The highest BCUT2D eigenvalue weighted by Crippen LogP contribution is 2.32. The minimum Gasteiger partial charge on any atom is -0.508 e. The smallest absolute Gasteiger partial charge is 0.115 e. The molecule has 0 bridgehead atoms. The topological polar surface area (TPSA) is 32.7 Å². The first-order valence-corrected chi connectivity index (χ1v) is 7.85. The molecule has 0 radical (unpaired) electrons. The molecule has 2 aromatic rings. The SMILES string of the molecule is CC1COC(c2ccccc2)C(C)N1Cc1cccc(O)c1. The fourth-order valence-electron chi connectivity index (χ4n) is 3.24. The number of hydrogen-bond donors (Lipinski definition) is 1. The minimum absolute atomic E-state index is 0.0923. The molecule has 3 atom stereocenters. The van der Waals surface area contributed by atoms with E-state index in [9.17, 15) is 5.11 Å². The molecular formula is C19H23NO2. The fourth-order valence-corrected chi connectivity index (χ4v) is 3.24. The number of hydrogen-bond acceptors (Lipinski definition) is 3. The summed E-state index contributed by atoms with van der Waals surface area (Å²) in [5.74, 6) is 0.325. The number of phenols is 1. The fraction of sp³-hybridized carbons (Fsp3) is 0.368. The van der Waals surface area contributed by atoms with E-state index in [1.165, 1.54) is 5.56 Å². The quantitative estimate of drug-likeness (QED) is 0.936. The van der Waals surface area contributed by atoms with Crippen molar-refractivity contribution in [1.29, 1.82) is 0 Å². The number of phenolic OH excluding ortho intramolecular Hbond substituents is 1. The maximum atomic E-state index is 9.66. The molecule has 1 fully saturated rings. The van der Waals surface area contributed by atoms with E-state index in [-0.39, 0.29) is 12.1 Å². The lowest BCUT2D eigenvalue weighted by Crippen LogP contribution is -2.50. The monoisotopic (exact) mass is 297 g/mol. The van der Waals surface area contributed by atoms with Gasteiger partial charge in [-0.3, -0.25) is 4.90 Å². The third kappa shape index (κ3) is 3.16. The molecule has 3 nitrogen and oxygen atoms in total. The van der Waals surface area contributed by atoms with Crippen molar-refractivity contribution in [2.75, 3.05) is 6.61 Å². The number of ether oxygens (including phenoxy) is 1. The van der Waals surface area contributed by atoms with Crippen LogP contribution in [0.25, 0.3) is 0 Å². The first-order chi connectivity index (χ1) is 10.6. The lowest BCUT2D eigenvalue weighted by molar-refractivity contribution is -0.0993. The van der Waals surface area contributed by atoms with E-state index in [4.69, 9.17) is 4.74 Å². The molecule has 0 saturated carbocycles. The maximum Gasteiger partial charge on any atom is 0.115 e. The second-order valence-corrected chi connectivity index (χ2v) is 6.10. The molecule has 3 unspecified atom stereocenters. The molecule has 0 amide bonds. The summed E-state index contributed by atoms with van der Waals surface area (Å²) >= 11 is 0. The third-order valence-corrected chi connectivity index (χ3v) is 4.45. The van der Waals surface area contributed by atoms with Crippen LogP contribution in [0.15, 0.2) is 54.6 Å². The Bertz CT molecular complexity index is 614. The molecule has 116 valence electrons. The van der Waals surface area contributed by atoms with Crippen LogP contribution in [0.4, 0.5) is 0 Å². The summed E-state index contributed by atoms with van der Waals surface area (Å²) in [5, 5.41) is 9.66. The van der Waals surface area contributed by atoms with Crippen molar-refractivity contribution in [3.05, 3.63) is 65.7 Å². The Labute approximate surface area is 132 Å². The third-order valence-electron chi connectivity index (χ3n) is 4.45. The van der Waals surface area contributed by atoms with Crippen molar-refractivity contribution in [1.82, 2.24) is 4.90 Å². The van der Waals surface area contributed by atoms with E-state index in [2.05, 4.69) is 49.1 Å². The summed E-state index contributed by atoms with van der Waals surface area (Å²) in [5.41, 5.74) is 2.36. The standard InChI is InChI=1S/C19H23NO2/c1-14-13-22-19(17-8-4-3-5-9-17)15(2)20(14)12-16-7-6-10-18(21)11-16/h3-11,14-15,19,21H,12-13H2,1-2H3. The molecule has 22 heavy (non-hydrogen) atoms. The summed E-state index contributed by atoms with van der Waals surface area (Å²) in [6.45, 7) is 5.96. The van der Waals surface area contributed by atoms with E-state index in [1.54, 1.807) is 6.07 Å². The van der Waals surface area contributed by atoms with Crippen molar-refractivity contribution in [3.63, 3.8) is 0 Å². The van der Waals surface area contributed by atoms with E-state index in [0.29, 0.717) is 11.8 Å². The van der Waals surface area contributed by atoms with Gasteiger partial charge in [0.15, 0.2) is 0 Å². The first kappa shape index (κ1) is 15.1. The van der Waals surface area contributed by atoms with Crippen molar-refractivity contribution in [2.45, 2.75) is 38.6 Å². The van der Waals surface area contributed by atoms with Crippen LogP contribution in [0.2, 0.25) is 0 Å². The van der Waals surface area contributed by atoms with Crippen LogP contribution in [0.3, 0.4) is 0 Å². The van der Waals surface area contributed by atoms with Gasteiger partial charge < -0.3 is 9.84 Å². The van der Waals surface area contributed by atoms with Crippen LogP contribution in [0.1, 0.15) is 31.1 Å². The Morgan fingerprint density at radius 3 is 2.59 bits per heavy atom. The Balaban J connectivity index is 1.80. The zero-order valence-corrected chi connectivity index (χ0v) is 13.1. The summed E-state index contributed by atoms with van der Waals surface area (Å²) in [4.78, 5) is 2.45. The van der Waals surface area contributed by atoms with Crippen molar-refractivity contribution < 1.29 is 9.84 Å². The molecule has 3 rings (SSSR count). The van der Waals surface area contributed by atoms with Crippen LogP contribution >= 0.6 is 0 Å². The predicted octanol–water partition coefficient (Wildman–Crippen LogP) is 3.74. The first-order valence-electron chi connectivity index (χ1n) is 7.85. The molecule has 1 saturated heterocycles. The van der Waals surface area contributed by atoms with Crippen LogP contribution in [0.5, 0.6) is 5.75 Å².